The predicted molar refractivity (Wildman–Crippen MR) is 157 cm³/mol. The van der Waals surface area contributed by atoms with E-state index >= 15 is 0 Å². The van der Waals surface area contributed by atoms with Gasteiger partial charge in [-0.25, -0.2) is 5.01 Å². The zero-order valence-corrected chi connectivity index (χ0v) is 25.0. The molecular formula is C19H44Cl2IN8OS+. The van der Waals surface area contributed by atoms with Gasteiger partial charge in [0, 0.05) is 36.6 Å². The molecule has 0 bridgehead atoms. The summed E-state index contributed by atoms with van der Waals surface area (Å²) >= 11 is 1.48. The highest BCUT2D eigenvalue weighted by molar-refractivity contribution is 14.0. The monoisotopic (exact) mass is 629 g/mol. The molecule has 2 heterocycles. The summed E-state index contributed by atoms with van der Waals surface area (Å²) in [5.74, 6) is 1.71. The first-order valence-electron chi connectivity index (χ1n) is 10.2. The van der Waals surface area contributed by atoms with Crippen LogP contribution in [-0.2, 0) is 0 Å². The molecule has 13 heteroatoms. The molecule has 2 aliphatic rings. The van der Waals surface area contributed by atoms with E-state index in [1.165, 1.54) is 18.2 Å². The first-order valence-corrected chi connectivity index (χ1v) is 11.4. The van der Waals surface area contributed by atoms with Gasteiger partial charge in [0.05, 0.1) is 17.6 Å². The van der Waals surface area contributed by atoms with E-state index in [-0.39, 0.29) is 55.4 Å². The maximum absolute atomic E-state index is 7.57. The number of halogens is 3. The van der Waals surface area contributed by atoms with Gasteiger partial charge in [0.1, 0.15) is 6.54 Å². The largest absolute Gasteiger partial charge is 0.397 e. The van der Waals surface area contributed by atoms with Crippen LogP contribution in [0.4, 0.5) is 0 Å². The Morgan fingerprint density at radius 2 is 1.62 bits per heavy atom. The molecule has 0 saturated carbocycles. The first kappa shape index (κ1) is 41.6. The Balaban J connectivity index is -0.000000107. The van der Waals surface area contributed by atoms with Crippen molar-refractivity contribution < 1.29 is 9.90 Å². The van der Waals surface area contributed by atoms with Gasteiger partial charge in [0.2, 0.25) is 5.96 Å². The Morgan fingerprint density at radius 1 is 1.09 bits per heavy atom. The second-order valence-electron chi connectivity index (χ2n) is 5.94. The quantitative estimate of drug-likeness (QED) is 0.189. The van der Waals surface area contributed by atoms with Crippen LogP contribution in [-0.4, -0.2) is 77.5 Å². The molecule has 0 aromatic rings. The van der Waals surface area contributed by atoms with E-state index in [4.69, 9.17) is 16.6 Å². The van der Waals surface area contributed by atoms with Gasteiger partial charge in [0.25, 0.3) is 0 Å². The van der Waals surface area contributed by atoms with E-state index in [1.54, 1.807) is 11.9 Å². The van der Waals surface area contributed by atoms with Gasteiger partial charge < -0.3 is 16.6 Å². The highest BCUT2D eigenvalue weighted by Gasteiger charge is 2.17. The smallest absolute Gasteiger partial charge is 0.312 e. The number of nitrogens with zero attached hydrogens (tertiary/aromatic N) is 6. The third kappa shape index (κ3) is 24.1. The summed E-state index contributed by atoms with van der Waals surface area (Å²) in [6.45, 7) is 13.4. The number of rotatable bonds is 4. The van der Waals surface area contributed by atoms with Crippen LogP contribution >= 0.6 is 60.6 Å². The number of hydrazone groups is 1. The summed E-state index contributed by atoms with van der Waals surface area (Å²) in [6.07, 6.45) is 8.05. The summed E-state index contributed by atoms with van der Waals surface area (Å²) in [7, 11) is 0. The molecule has 192 valence electrons. The standard InChI is InChI=1S/C8H16N4.C5H9N2.C4H10N2S.C2H6O.2ClH.HI/c1-3-7-5-11-12(6-7)8(9)10-4-2;1-2-5-3-6-7-4-5;1-3-6-4(5)7-2;1-2-3;;;/h5,7H,3-4,6H2,1-2H3,(H2,9,10);3,5H,2,4H2,1H3;3H2,1-2H3,(H2,5,6);3H,2H2,1H3;3*1H/q;+1;;;;;. The molecule has 0 aromatic carbocycles. The van der Waals surface area contributed by atoms with Crippen molar-refractivity contribution in [3.8, 4) is 0 Å². The molecule has 0 aromatic heterocycles. The van der Waals surface area contributed by atoms with E-state index in [2.05, 4.69) is 38.8 Å². The van der Waals surface area contributed by atoms with Crippen molar-refractivity contribution in [2.24, 2.45) is 43.5 Å². The van der Waals surface area contributed by atoms with Crippen molar-refractivity contribution in [2.75, 3.05) is 39.0 Å². The second-order valence-corrected chi connectivity index (χ2v) is 6.76. The van der Waals surface area contributed by atoms with E-state index < -0.39 is 0 Å². The molecular weight excluding hydrogens is 586 g/mol. The first-order chi connectivity index (χ1) is 13.9. The van der Waals surface area contributed by atoms with Gasteiger partial charge in [0.15, 0.2) is 5.17 Å². The van der Waals surface area contributed by atoms with Crippen molar-refractivity contribution in [1.29, 1.82) is 0 Å². The highest BCUT2D eigenvalue weighted by atomic mass is 127. The molecule has 2 rings (SSSR count). The van der Waals surface area contributed by atoms with Gasteiger partial charge in [-0.05, 0) is 39.9 Å². The summed E-state index contributed by atoms with van der Waals surface area (Å²) in [4.78, 5) is 11.7. The van der Waals surface area contributed by atoms with Gasteiger partial charge in [-0.15, -0.1) is 48.8 Å². The van der Waals surface area contributed by atoms with E-state index in [9.17, 15) is 0 Å². The average Bonchev–Trinajstić information content (AvgIpc) is 3.41. The predicted octanol–water partition coefficient (Wildman–Crippen LogP) is 3.55. The number of hydrogen-bond acceptors (Lipinski definition) is 6. The fourth-order valence-corrected chi connectivity index (χ4v) is 2.18. The summed E-state index contributed by atoms with van der Waals surface area (Å²) in [5.41, 5.74) is 11.0. The van der Waals surface area contributed by atoms with Crippen LogP contribution in [0, 0.1) is 11.8 Å². The Bertz CT molecular complexity index is 561. The lowest BCUT2D eigenvalue weighted by Crippen LogP contribution is -2.33. The second kappa shape index (κ2) is 30.4. The van der Waals surface area contributed by atoms with E-state index in [0.29, 0.717) is 29.5 Å². The summed E-state index contributed by atoms with van der Waals surface area (Å²) < 4.78 is 0. The third-order valence-electron chi connectivity index (χ3n) is 3.66. The lowest BCUT2D eigenvalue weighted by Gasteiger charge is -2.13. The van der Waals surface area contributed by atoms with Crippen LogP contribution in [0.3, 0.4) is 0 Å². The summed E-state index contributed by atoms with van der Waals surface area (Å²) in [6, 6.07) is 0. The molecule has 0 amide bonds. The van der Waals surface area contributed by atoms with Crippen molar-refractivity contribution in [3.05, 3.63) is 0 Å². The molecule has 9 nitrogen and oxygen atoms in total. The normalized spacial score (nSPS) is 17.9. The minimum atomic E-state index is 0. The van der Waals surface area contributed by atoms with Gasteiger partial charge in [-0.3, -0.25) is 9.98 Å². The Morgan fingerprint density at radius 3 is 1.91 bits per heavy atom. The number of aliphatic hydroxyl groups excluding tert-OH is 1. The molecule has 0 fully saturated rings. The summed E-state index contributed by atoms with van der Waals surface area (Å²) in [5, 5.41) is 18.0. The molecule has 5 N–H and O–H groups in total. The van der Waals surface area contributed by atoms with Gasteiger partial charge >= 0.3 is 6.21 Å². The number of amidine groups is 1. The molecule has 0 saturated heterocycles. The van der Waals surface area contributed by atoms with Gasteiger partial charge in [-0.1, -0.05) is 25.6 Å². The molecule has 0 aliphatic carbocycles. The SMILES string of the molecule is CCC1C=[N+]=NC1.CCN=C(N)N1CC(CC)C=N1.CCN=C(N)SC.CCO.Cl.Cl.I. The molecule has 2 atom stereocenters. The molecule has 2 aliphatic heterocycles. The zero-order valence-electron chi connectivity index (χ0n) is 20.2. The molecule has 0 radical (unpaired) electrons. The lowest BCUT2D eigenvalue weighted by molar-refractivity contribution is -0.0712. The number of nitrogens with two attached hydrogens (primary N) is 2. The van der Waals surface area contributed by atoms with Crippen molar-refractivity contribution in [1.82, 2.24) is 5.01 Å². The fraction of sp³-hybridized carbons (Fsp3) is 0.789. The van der Waals surface area contributed by atoms with Crippen LogP contribution in [0.5, 0.6) is 0 Å². The fourth-order valence-electron chi connectivity index (χ4n) is 1.92. The third-order valence-corrected chi connectivity index (χ3v) is 4.20. The Kier molecular flexibility index (Phi) is 39.6. The highest BCUT2D eigenvalue weighted by Crippen LogP contribution is 2.10. The van der Waals surface area contributed by atoms with Crippen LogP contribution in [0.1, 0.15) is 47.5 Å². The van der Waals surface area contributed by atoms with Crippen LogP contribution in [0.2, 0.25) is 0 Å². The number of thioether (sulfide) groups is 1. The van der Waals surface area contributed by atoms with Crippen molar-refractivity contribution >= 4 is 84.1 Å². The minimum absolute atomic E-state index is 0. The maximum Gasteiger partial charge on any atom is 0.312 e. The molecule has 2 unspecified atom stereocenters. The van der Waals surface area contributed by atoms with Crippen molar-refractivity contribution in [2.45, 2.75) is 47.5 Å². The van der Waals surface area contributed by atoms with Gasteiger partial charge in [-0.2, -0.15) is 5.10 Å². The number of aliphatic imine (C=N–C) groups is 2. The zero-order chi connectivity index (χ0) is 22.5. The topological polar surface area (TPSA) is 139 Å². The Hall–Kier alpha value is -0.590. The van der Waals surface area contributed by atoms with Crippen molar-refractivity contribution in [3.63, 3.8) is 0 Å². The van der Waals surface area contributed by atoms with Crippen LogP contribution < -0.4 is 11.5 Å². The lowest BCUT2D eigenvalue weighted by atomic mass is 10.1. The number of guanidine groups is 1. The van der Waals surface area contributed by atoms with Crippen LogP contribution in [0.25, 0.3) is 0 Å². The minimum Gasteiger partial charge on any atom is -0.397 e. The maximum atomic E-state index is 7.57. The van der Waals surface area contributed by atoms with Crippen LogP contribution in [0.15, 0.2) is 20.2 Å². The molecule has 0 spiro atoms. The number of aliphatic hydroxyl groups is 1. The van der Waals surface area contributed by atoms with E-state index in [1.807, 2.05) is 32.5 Å². The Labute approximate surface area is 228 Å². The molecule has 32 heavy (non-hydrogen) atoms. The average molecular weight is 630 g/mol. The van der Waals surface area contributed by atoms with E-state index in [0.717, 1.165) is 26.1 Å². The number of hydrogen-bond donors (Lipinski definition) is 3.